The normalized spacial score (nSPS) is 13.5. The molecule has 0 aromatic carbocycles. The second-order valence-corrected chi connectivity index (χ2v) is 2.80. The Labute approximate surface area is 87.3 Å². The molecule has 0 saturated heterocycles. The van der Waals surface area contributed by atoms with Crippen LogP contribution >= 0.6 is 0 Å². The van der Waals surface area contributed by atoms with Crippen molar-refractivity contribution in [3.05, 3.63) is 48.1 Å². The number of nitrogens with zero attached hydrogens (tertiary/aromatic N) is 1. The van der Waals surface area contributed by atoms with E-state index in [0.717, 1.165) is 17.7 Å². The third-order valence-corrected chi connectivity index (χ3v) is 1.63. The fourth-order valence-corrected chi connectivity index (χ4v) is 0.985. The highest BCUT2D eigenvalue weighted by Gasteiger charge is 1.92. The molecule has 0 rings (SSSR count). The fourth-order valence-electron chi connectivity index (χ4n) is 0.985. The quantitative estimate of drug-likeness (QED) is 0.462. The Balaban J connectivity index is 4.66. The molecule has 0 aliphatic heterocycles. The number of aliphatic imine (C=N–C) groups is 1. The van der Waals surface area contributed by atoms with Crippen LogP contribution in [-0.4, -0.2) is 12.8 Å². The lowest BCUT2D eigenvalue weighted by molar-refractivity contribution is 1.14. The van der Waals surface area contributed by atoms with Crippen LogP contribution in [0.4, 0.5) is 0 Å². The molecule has 0 aromatic rings. The molecule has 0 fully saturated rings. The van der Waals surface area contributed by atoms with E-state index >= 15 is 0 Å². The van der Waals surface area contributed by atoms with Gasteiger partial charge in [0.1, 0.15) is 0 Å². The monoisotopic (exact) mass is 189 g/mol. The number of hydrogen-bond donors (Lipinski definition) is 0. The molecule has 0 saturated carbocycles. The second kappa shape index (κ2) is 8.24. The van der Waals surface area contributed by atoms with Crippen LogP contribution in [-0.2, 0) is 0 Å². The van der Waals surface area contributed by atoms with Gasteiger partial charge in [-0.1, -0.05) is 30.9 Å². The molecule has 14 heavy (non-hydrogen) atoms. The summed E-state index contributed by atoms with van der Waals surface area (Å²) in [5.41, 5.74) is 2.11. The van der Waals surface area contributed by atoms with Crippen LogP contribution in [0.5, 0.6) is 0 Å². The average Bonchev–Trinajstić information content (AvgIpc) is 2.17. The van der Waals surface area contributed by atoms with Crippen LogP contribution in [0.2, 0.25) is 0 Å². The Morgan fingerprint density at radius 2 is 1.86 bits per heavy atom. The molecule has 0 spiro atoms. The van der Waals surface area contributed by atoms with Crippen molar-refractivity contribution in [1.82, 2.24) is 0 Å². The van der Waals surface area contributed by atoms with E-state index in [0.29, 0.717) is 0 Å². The Kier molecular flexibility index (Phi) is 7.43. The smallest absolute Gasteiger partial charge is 0.0360 e. The predicted molar refractivity (Wildman–Crippen MR) is 65.9 cm³/mol. The Hall–Kier alpha value is -1.37. The summed E-state index contributed by atoms with van der Waals surface area (Å²) in [4.78, 5) is 4.14. The first-order chi connectivity index (χ1) is 6.76. The van der Waals surface area contributed by atoms with Crippen molar-refractivity contribution in [2.45, 2.75) is 20.8 Å². The van der Waals surface area contributed by atoms with Crippen molar-refractivity contribution in [2.75, 3.05) is 6.54 Å². The zero-order valence-electron chi connectivity index (χ0n) is 9.33. The number of hydrogen-bond acceptors (Lipinski definition) is 1. The van der Waals surface area contributed by atoms with Crippen LogP contribution in [0.15, 0.2) is 53.1 Å². The van der Waals surface area contributed by atoms with Crippen molar-refractivity contribution in [3.63, 3.8) is 0 Å². The van der Waals surface area contributed by atoms with Gasteiger partial charge in [0.2, 0.25) is 0 Å². The van der Waals surface area contributed by atoms with Gasteiger partial charge in [0, 0.05) is 12.8 Å². The minimum absolute atomic E-state index is 0.815. The average molecular weight is 189 g/mol. The third kappa shape index (κ3) is 5.31. The molecule has 0 radical (unpaired) electrons. The summed E-state index contributed by atoms with van der Waals surface area (Å²) in [6, 6.07) is 0. The maximum Gasteiger partial charge on any atom is 0.0360 e. The molecule has 1 heteroatoms. The summed E-state index contributed by atoms with van der Waals surface area (Å²) in [7, 11) is 0. The standard InChI is InChI=1S/C13H19N/c1-5-8-12(4)13(9-6-2)10-11-14-7-3/h5-6,8-11H,4,7H2,1-3H3/b8-5-,9-6-,13-10+,14-11?. The van der Waals surface area contributed by atoms with Gasteiger partial charge in [-0.3, -0.25) is 4.99 Å². The topological polar surface area (TPSA) is 12.4 Å². The molecule has 0 N–H and O–H groups in total. The minimum Gasteiger partial charge on any atom is -0.293 e. The van der Waals surface area contributed by atoms with Gasteiger partial charge in [-0.25, -0.2) is 0 Å². The molecule has 1 nitrogen and oxygen atoms in total. The largest absolute Gasteiger partial charge is 0.293 e. The van der Waals surface area contributed by atoms with E-state index in [9.17, 15) is 0 Å². The first-order valence-corrected chi connectivity index (χ1v) is 4.91. The van der Waals surface area contributed by atoms with E-state index in [1.54, 1.807) is 0 Å². The van der Waals surface area contributed by atoms with Gasteiger partial charge in [0.15, 0.2) is 0 Å². The van der Waals surface area contributed by atoms with Crippen LogP contribution in [0.3, 0.4) is 0 Å². The Bertz CT molecular complexity index is 278. The summed E-state index contributed by atoms with van der Waals surface area (Å²) >= 11 is 0. The lowest BCUT2D eigenvalue weighted by Gasteiger charge is -1.99. The van der Waals surface area contributed by atoms with E-state index in [-0.39, 0.29) is 0 Å². The molecule has 0 aliphatic carbocycles. The van der Waals surface area contributed by atoms with E-state index in [4.69, 9.17) is 0 Å². The first-order valence-electron chi connectivity index (χ1n) is 4.91. The summed E-state index contributed by atoms with van der Waals surface area (Å²) in [6.07, 6.45) is 11.8. The second-order valence-electron chi connectivity index (χ2n) is 2.80. The maximum absolute atomic E-state index is 4.14. The predicted octanol–water partition coefficient (Wildman–Crippen LogP) is 3.71. The lowest BCUT2D eigenvalue weighted by Crippen LogP contribution is -1.82. The highest BCUT2D eigenvalue weighted by molar-refractivity contribution is 5.75. The van der Waals surface area contributed by atoms with Crippen molar-refractivity contribution >= 4 is 6.21 Å². The van der Waals surface area contributed by atoms with Gasteiger partial charge in [0.05, 0.1) is 0 Å². The Morgan fingerprint density at radius 1 is 1.21 bits per heavy atom. The van der Waals surface area contributed by atoms with E-state index in [2.05, 4.69) is 11.6 Å². The van der Waals surface area contributed by atoms with Crippen LogP contribution < -0.4 is 0 Å². The van der Waals surface area contributed by atoms with Crippen LogP contribution in [0, 0.1) is 0 Å². The molecule has 76 valence electrons. The van der Waals surface area contributed by atoms with Crippen LogP contribution in [0.25, 0.3) is 0 Å². The van der Waals surface area contributed by atoms with E-state index < -0.39 is 0 Å². The summed E-state index contributed by atoms with van der Waals surface area (Å²) < 4.78 is 0. The number of allylic oxidation sites excluding steroid dienone is 7. The highest BCUT2D eigenvalue weighted by Crippen LogP contribution is 2.10. The summed E-state index contributed by atoms with van der Waals surface area (Å²) in [6.45, 7) is 10.8. The van der Waals surface area contributed by atoms with E-state index in [1.807, 2.05) is 57.4 Å². The Morgan fingerprint density at radius 3 is 2.36 bits per heavy atom. The lowest BCUT2D eigenvalue weighted by atomic mass is 10.1. The first kappa shape index (κ1) is 12.6. The van der Waals surface area contributed by atoms with Crippen molar-refractivity contribution in [3.8, 4) is 0 Å². The van der Waals surface area contributed by atoms with Crippen LogP contribution in [0.1, 0.15) is 20.8 Å². The van der Waals surface area contributed by atoms with Gasteiger partial charge < -0.3 is 0 Å². The third-order valence-electron chi connectivity index (χ3n) is 1.63. The minimum atomic E-state index is 0.815. The van der Waals surface area contributed by atoms with Gasteiger partial charge >= 0.3 is 0 Å². The SMILES string of the molecule is C=C(/C=C\C)C(/C=C\C)=C/C=NCC. The molecular formula is C13H19N. The van der Waals surface area contributed by atoms with Crippen molar-refractivity contribution in [2.24, 2.45) is 4.99 Å². The number of rotatable bonds is 5. The van der Waals surface area contributed by atoms with E-state index in [1.165, 1.54) is 0 Å². The zero-order chi connectivity index (χ0) is 10.8. The molecule has 0 aliphatic rings. The maximum atomic E-state index is 4.14. The van der Waals surface area contributed by atoms with Gasteiger partial charge in [-0.15, -0.1) is 0 Å². The van der Waals surface area contributed by atoms with Gasteiger partial charge in [-0.05, 0) is 38.0 Å². The summed E-state index contributed by atoms with van der Waals surface area (Å²) in [5.74, 6) is 0. The van der Waals surface area contributed by atoms with Gasteiger partial charge in [-0.2, -0.15) is 0 Å². The molecule has 0 bridgehead atoms. The van der Waals surface area contributed by atoms with Crippen molar-refractivity contribution in [1.29, 1.82) is 0 Å². The highest BCUT2D eigenvalue weighted by atomic mass is 14.7. The zero-order valence-corrected chi connectivity index (χ0v) is 9.33. The molecule has 0 atom stereocenters. The molecule has 0 aromatic heterocycles. The molecule has 0 unspecified atom stereocenters. The fraction of sp³-hybridized carbons (Fsp3) is 0.308. The molecule has 0 amide bonds. The van der Waals surface area contributed by atoms with Crippen molar-refractivity contribution < 1.29 is 0 Å². The molecule has 0 heterocycles. The summed E-state index contributed by atoms with van der Waals surface area (Å²) in [5, 5.41) is 0. The van der Waals surface area contributed by atoms with Gasteiger partial charge in [0.25, 0.3) is 0 Å². The molecular weight excluding hydrogens is 170 g/mol.